The van der Waals surface area contributed by atoms with Gasteiger partial charge in [-0.3, -0.25) is 4.79 Å². The Kier molecular flexibility index (Phi) is 4.77. The number of rotatable bonds is 2. The number of anilines is 2. The summed E-state index contributed by atoms with van der Waals surface area (Å²) in [6.07, 6.45) is -4.97. The summed E-state index contributed by atoms with van der Waals surface area (Å²) >= 11 is 3.42. The number of para-hydroxylation sites is 2. The van der Waals surface area contributed by atoms with Gasteiger partial charge in [-0.1, -0.05) is 28.1 Å². The number of halogens is 4. The number of ether oxygens (including phenoxy) is 1. The smallest absolute Gasteiger partial charge is 0.374 e. The van der Waals surface area contributed by atoms with E-state index in [4.69, 9.17) is 4.74 Å². The Hall–Kier alpha value is -1.28. The molecule has 2 atom stereocenters. The van der Waals surface area contributed by atoms with E-state index in [1.807, 2.05) is 17.1 Å². The summed E-state index contributed by atoms with van der Waals surface area (Å²) in [5.41, 5.74) is 0.644. The number of nitrogens with one attached hydrogen (secondary N) is 1. The van der Waals surface area contributed by atoms with Crippen molar-refractivity contribution in [3.63, 3.8) is 0 Å². The fourth-order valence-electron chi connectivity index (χ4n) is 2.05. The third kappa shape index (κ3) is 3.88. The van der Waals surface area contributed by atoms with Crippen LogP contribution in [0.5, 0.6) is 0 Å². The number of benzene rings is 1. The zero-order valence-corrected chi connectivity index (χ0v) is 12.7. The number of alkyl halides is 4. The van der Waals surface area contributed by atoms with Gasteiger partial charge in [-0.2, -0.15) is 13.2 Å². The average Bonchev–Trinajstić information content (AvgIpc) is 2.41. The van der Waals surface area contributed by atoms with Crippen LogP contribution in [-0.4, -0.2) is 36.3 Å². The molecule has 1 aliphatic rings. The second-order valence-corrected chi connectivity index (χ2v) is 5.76. The third-order valence-electron chi connectivity index (χ3n) is 3.03. The van der Waals surface area contributed by atoms with Crippen LogP contribution < -0.4 is 10.2 Å². The highest BCUT2D eigenvalue weighted by Crippen LogP contribution is 2.32. The van der Waals surface area contributed by atoms with Gasteiger partial charge in [0.1, 0.15) is 4.95 Å². The number of carbonyl (C=O) groups is 1. The molecule has 0 aliphatic carbocycles. The van der Waals surface area contributed by atoms with E-state index in [1.54, 1.807) is 18.2 Å². The van der Waals surface area contributed by atoms with Gasteiger partial charge in [0.2, 0.25) is 0 Å². The number of morpholine rings is 1. The number of carbonyl (C=O) groups excluding carboxylic acids is 1. The number of hydrogen-bond donors (Lipinski definition) is 1. The Balaban J connectivity index is 2.26. The van der Waals surface area contributed by atoms with Gasteiger partial charge in [-0.15, -0.1) is 0 Å². The van der Waals surface area contributed by atoms with Crippen molar-refractivity contribution in [2.45, 2.75) is 24.2 Å². The van der Waals surface area contributed by atoms with Crippen LogP contribution in [0.25, 0.3) is 0 Å². The fraction of sp³-hybridized carbons (Fsp3) is 0.462. The average molecular weight is 367 g/mol. The van der Waals surface area contributed by atoms with Crippen molar-refractivity contribution in [3.8, 4) is 0 Å². The van der Waals surface area contributed by atoms with Crippen LogP contribution in [0.2, 0.25) is 0 Å². The Morgan fingerprint density at radius 3 is 2.76 bits per heavy atom. The second kappa shape index (κ2) is 6.23. The summed E-state index contributed by atoms with van der Waals surface area (Å²) in [6, 6.07) is 6.39. The number of amides is 1. The predicted octanol–water partition coefficient (Wildman–Crippen LogP) is 3.13. The van der Waals surface area contributed by atoms with E-state index in [0.717, 1.165) is 0 Å². The van der Waals surface area contributed by atoms with Crippen LogP contribution >= 0.6 is 15.9 Å². The summed E-state index contributed by atoms with van der Waals surface area (Å²) in [4.78, 5) is 12.8. The lowest BCUT2D eigenvalue weighted by Gasteiger charge is -2.38. The van der Waals surface area contributed by atoms with Crippen LogP contribution in [0.1, 0.15) is 6.92 Å². The zero-order valence-electron chi connectivity index (χ0n) is 11.2. The fourth-order valence-corrected chi connectivity index (χ4v) is 2.59. The summed E-state index contributed by atoms with van der Waals surface area (Å²) in [6.45, 7) is 2.79. The summed E-state index contributed by atoms with van der Waals surface area (Å²) < 4.78 is 42.6. The lowest BCUT2D eigenvalue weighted by molar-refractivity contribution is -0.167. The van der Waals surface area contributed by atoms with Crippen LogP contribution in [0.4, 0.5) is 24.5 Å². The molecular formula is C13H14BrF3N2O2. The van der Waals surface area contributed by atoms with E-state index in [0.29, 0.717) is 18.8 Å². The van der Waals surface area contributed by atoms with E-state index < -0.39 is 12.1 Å². The van der Waals surface area contributed by atoms with Crippen molar-refractivity contribution < 1.29 is 22.7 Å². The molecule has 1 N–H and O–H groups in total. The van der Waals surface area contributed by atoms with Crippen LogP contribution in [0.15, 0.2) is 24.3 Å². The van der Waals surface area contributed by atoms with Crippen molar-refractivity contribution >= 4 is 33.2 Å². The summed E-state index contributed by atoms with van der Waals surface area (Å²) in [5, 5.41) is 1.92. The maximum absolute atomic E-state index is 12.4. The molecule has 116 valence electrons. The minimum atomic E-state index is -4.92. The van der Waals surface area contributed by atoms with Gasteiger partial charge < -0.3 is 15.0 Å². The highest BCUT2D eigenvalue weighted by molar-refractivity contribution is 9.09. The lowest BCUT2D eigenvalue weighted by Crippen LogP contribution is -2.46. The minimum Gasteiger partial charge on any atom is -0.374 e. The van der Waals surface area contributed by atoms with Gasteiger partial charge in [-0.25, -0.2) is 0 Å². The van der Waals surface area contributed by atoms with Gasteiger partial charge in [0, 0.05) is 6.54 Å². The van der Waals surface area contributed by atoms with E-state index in [-0.39, 0.29) is 16.7 Å². The van der Waals surface area contributed by atoms with Crippen molar-refractivity contribution in [2.24, 2.45) is 0 Å². The quantitative estimate of drug-likeness (QED) is 0.645. The molecule has 1 aromatic carbocycles. The summed E-state index contributed by atoms with van der Waals surface area (Å²) in [5.74, 6) is -1.98. The molecule has 1 fully saturated rings. The predicted molar refractivity (Wildman–Crippen MR) is 76.6 cm³/mol. The van der Waals surface area contributed by atoms with Crippen molar-refractivity contribution in [2.75, 3.05) is 23.4 Å². The first-order valence-corrected chi connectivity index (χ1v) is 7.20. The molecule has 8 heteroatoms. The molecule has 1 aromatic rings. The van der Waals surface area contributed by atoms with E-state index >= 15 is 0 Å². The van der Waals surface area contributed by atoms with Crippen LogP contribution in [0, 0.1) is 0 Å². The van der Waals surface area contributed by atoms with Crippen LogP contribution in [-0.2, 0) is 9.53 Å². The van der Waals surface area contributed by atoms with Crippen molar-refractivity contribution in [3.05, 3.63) is 24.3 Å². The Bertz CT molecular complexity index is 524. The molecule has 0 aromatic heterocycles. The first-order valence-electron chi connectivity index (χ1n) is 6.28. The van der Waals surface area contributed by atoms with Gasteiger partial charge in [0.25, 0.3) is 0 Å². The molecule has 4 nitrogen and oxygen atoms in total. The monoisotopic (exact) mass is 366 g/mol. The molecule has 0 spiro atoms. The first kappa shape index (κ1) is 16.1. The second-order valence-electron chi connectivity index (χ2n) is 4.70. The first-order chi connectivity index (χ1) is 9.79. The van der Waals surface area contributed by atoms with Gasteiger partial charge in [-0.05, 0) is 19.1 Å². The molecule has 21 heavy (non-hydrogen) atoms. The minimum absolute atomic E-state index is 0.0508. The molecule has 1 heterocycles. The topological polar surface area (TPSA) is 41.6 Å². The van der Waals surface area contributed by atoms with Crippen LogP contribution in [0.3, 0.4) is 0 Å². The molecule has 0 radical (unpaired) electrons. The normalized spacial score (nSPS) is 23.0. The Labute approximate surface area is 128 Å². The third-order valence-corrected chi connectivity index (χ3v) is 3.79. The highest BCUT2D eigenvalue weighted by Gasteiger charge is 2.39. The molecule has 1 aliphatic heterocycles. The highest BCUT2D eigenvalue weighted by atomic mass is 79.9. The number of nitrogens with zero attached hydrogens (tertiary/aromatic N) is 1. The maximum Gasteiger partial charge on any atom is 0.471 e. The zero-order chi connectivity index (χ0) is 15.6. The number of hydrogen-bond acceptors (Lipinski definition) is 3. The van der Waals surface area contributed by atoms with Crippen molar-refractivity contribution in [1.29, 1.82) is 0 Å². The molecule has 1 amide bonds. The largest absolute Gasteiger partial charge is 0.471 e. The molecule has 2 rings (SSSR count). The van der Waals surface area contributed by atoms with E-state index in [9.17, 15) is 18.0 Å². The Morgan fingerprint density at radius 2 is 2.10 bits per heavy atom. The maximum atomic E-state index is 12.4. The molecular weight excluding hydrogens is 353 g/mol. The van der Waals surface area contributed by atoms with Crippen molar-refractivity contribution in [1.82, 2.24) is 0 Å². The molecule has 0 bridgehead atoms. The van der Waals surface area contributed by atoms with Gasteiger partial charge >= 0.3 is 12.1 Å². The molecule has 2 unspecified atom stereocenters. The van der Waals surface area contributed by atoms with Gasteiger partial charge in [0.05, 0.1) is 24.1 Å². The van der Waals surface area contributed by atoms with Gasteiger partial charge in [0.15, 0.2) is 0 Å². The Morgan fingerprint density at radius 1 is 1.43 bits per heavy atom. The van der Waals surface area contributed by atoms with E-state index in [1.165, 1.54) is 6.07 Å². The standard InChI is InChI=1S/C13H14BrF3N2O2/c1-8-6-19(11(14)7-21-8)10-5-3-2-4-9(10)18-12(20)13(15,16)17/h2-5,8,11H,6-7H2,1H3,(H,18,20). The lowest BCUT2D eigenvalue weighted by atomic mass is 10.2. The summed E-state index contributed by atoms with van der Waals surface area (Å²) in [7, 11) is 0. The molecule has 0 saturated carbocycles. The van der Waals surface area contributed by atoms with E-state index in [2.05, 4.69) is 15.9 Å². The SMILES string of the molecule is CC1CN(c2ccccc2NC(=O)C(F)(F)F)C(Br)CO1. The molecule has 1 saturated heterocycles.